The summed E-state index contributed by atoms with van der Waals surface area (Å²) in [5.74, 6) is 0. The molecule has 0 unspecified atom stereocenters. The fourth-order valence-electron chi connectivity index (χ4n) is 5.18. The first-order valence-corrected chi connectivity index (χ1v) is 16.2. The van der Waals surface area contributed by atoms with Gasteiger partial charge in [0, 0.05) is 5.56 Å². The second kappa shape index (κ2) is 11.5. The zero-order valence-corrected chi connectivity index (χ0v) is 23.3. The molecule has 0 heterocycles. The highest BCUT2D eigenvalue weighted by Crippen LogP contribution is 2.53. The van der Waals surface area contributed by atoms with E-state index in [-0.39, 0.29) is 0 Å². The van der Waals surface area contributed by atoms with Crippen molar-refractivity contribution in [2.24, 2.45) is 0 Å². The molecule has 0 fully saturated rings. The molecule has 0 spiro atoms. The number of benzene rings is 6. The first-order chi connectivity index (χ1) is 19.3. The maximum absolute atomic E-state index is 12.8. The fourth-order valence-corrected chi connectivity index (χ4v) is 10.5. The van der Waals surface area contributed by atoms with Crippen LogP contribution in [0.4, 0.5) is 0 Å². The summed E-state index contributed by atoms with van der Waals surface area (Å²) in [6.45, 7) is 0. The highest BCUT2D eigenvalue weighted by Gasteiger charge is 2.46. The van der Waals surface area contributed by atoms with Crippen molar-refractivity contribution in [3.63, 3.8) is 0 Å². The molecule has 0 saturated carbocycles. The normalized spacial score (nSPS) is 11.4. The van der Waals surface area contributed by atoms with E-state index in [4.69, 9.17) is 0 Å². The average molecular weight is 540 g/mol. The lowest BCUT2D eigenvalue weighted by Gasteiger charge is -2.25. The van der Waals surface area contributed by atoms with Crippen LogP contribution in [0.3, 0.4) is 0 Å². The summed E-state index contributed by atoms with van der Waals surface area (Å²) in [4.78, 5) is 12.8. The van der Waals surface area contributed by atoms with Crippen molar-refractivity contribution in [3.8, 4) is 11.1 Å². The van der Waals surface area contributed by atoms with Crippen molar-refractivity contribution in [2.45, 2.75) is 0 Å². The van der Waals surface area contributed by atoms with Gasteiger partial charge < -0.3 is 0 Å². The zero-order valence-electron chi connectivity index (χ0n) is 21.5. The van der Waals surface area contributed by atoms with Crippen LogP contribution < -0.4 is 31.8 Å². The van der Waals surface area contributed by atoms with E-state index in [1.165, 1.54) is 15.9 Å². The van der Waals surface area contributed by atoms with Crippen LogP contribution >= 0.6 is 15.4 Å². The zero-order chi connectivity index (χ0) is 26.5. The summed E-state index contributed by atoms with van der Waals surface area (Å²) in [7, 11) is -3.73. The predicted octanol–water partition coefficient (Wildman–Crippen LogP) is 6.31. The quantitative estimate of drug-likeness (QED) is 0.236. The molecule has 0 aliphatic rings. The van der Waals surface area contributed by atoms with Gasteiger partial charge in [0.25, 0.3) is 0 Å². The van der Waals surface area contributed by atoms with E-state index < -0.39 is 15.4 Å². The lowest BCUT2D eigenvalue weighted by atomic mass is 10.1. The van der Waals surface area contributed by atoms with Crippen molar-refractivity contribution < 1.29 is 4.89 Å². The molecular formula is C36H29OP2+. The highest BCUT2D eigenvalue weighted by molar-refractivity contribution is 7.91. The fraction of sp³-hybridized carbons (Fsp3) is 0. The molecule has 3 heteroatoms. The lowest BCUT2D eigenvalue weighted by molar-refractivity contribution is 0.633. The van der Waals surface area contributed by atoms with Crippen LogP contribution in [0.5, 0.6) is 0 Å². The Labute approximate surface area is 232 Å². The topological polar surface area (TPSA) is 20.2 Å². The second-order valence-electron chi connectivity index (χ2n) is 9.35. The first kappa shape index (κ1) is 25.4. The van der Waals surface area contributed by atoms with Crippen LogP contribution in [-0.4, -0.2) is 4.89 Å². The van der Waals surface area contributed by atoms with E-state index in [9.17, 15) is 4.89 Å². The number of hydrogen-bond acceptors (Lipinski definition) is 1. The Kier molecular flexibility index (Phi) is 7.49. The maximum Gasteiger partial charge on any atom is 0.239 e. The highest BCUT2D eigenvalue weighted by atomic mass is 31.2. The van der Waals surface area contributed by atoms with Gasteiger partial charge in [0.1, 0.15) is 15.9 Å². The summed E-state index contributed by atoms with van der Waals surface area (Å²) in [5.41, 5.74) is 2.24. The van der Waals surface area contributed by atoms with Gasteiger partial charge in [-0.25, -0.2) is 4.89 Å². The second-order valence-corrected chi connectivity index (χ2v) is 14.3. The van der Waals surface area contributed by atoms with Crippen LogP contribution in [0.25, 0.3) is 11.1 Å². The van der Waals surface area contributed by atoms with E-state index in [0.717, 1.165) is 27.0 Å². The summed E-state index contributed by atoms with van der Waals surface area (Å²) in [5, 5.41) is 6.78. The largest absolute Gasteiger partial charge is 0.239 e. The van der Waals surface area contributed by atoms with Crippen LogP contribution in [0, 0.1) is 0 Å². The van der Waals surface area contributed by atoms with Gasteiger partial charge in [-0.2, -0.15) is 0 Å². The Morgan fingerprint density at radius 2 is 0.769 bits per heavy atom. The minimum absolute atomic E-state index is 0.816. The van der Waals surface area contributed by atoms with Crippen LogP contribution in [0.1, 0.15) is 0 Å². The van der Waals surface area contributed by atoms with Gasteiger partial charge in [0.05, 0.1) is 0 Å². The Hall–Kier alpha value is -3.86. The maximum atomic E-state index is 12.8. The molecule has 0 bridgehead atoms. The Bertz CT molecular complexity index is 1570. The van der Waals surface area contributed by atoms with Crippen LogP contribution in [0.15, 0.2) is 170 Å². The molecule has 188 valence electrons. The summed E-state index contributed by atoms with van der Waals surface area (Å²) in [6.07, 6.45) is 0. The van der Waals surface area contributed by atoms with Gasteiger partial charge >= 0.3 is 0 Å². The molecule has 39 heavy (non-hydrogen) atoms. The van der Waals surface area contributed by atoms with Gasteiger partial charge in [-0.3, -0.25) is 0 Å². The van der Waals surface area contributed by atoms with E-state index in [2.05, 4.69) is 133 Å². The molecule has 0 aromatic heterocycles. The molecule has 0 radical (unpaired) electrons. The molecule has 0 atom stereocenters. The minimum atomic E-state index is -2.92. The number of rotatable bonds is 7. The van der Waals surface area contributed by atoms with Gasteiger partial charge in [0.15, 0.2) is 0 Å². The molecule has 0 aliphatic heterocycles. The molecular weight excluding hydrogens is 510 g/mol. The van der Waals surface area contributed by atoms with E-state index >= 15 is 0 Å². The minimum Gasteiger partial charge on any atom is -0.235 e. The molecule has 6 aromatic carbocycles. The monoisotopic (exact) mass is 539 g/mol. The van der Waals surface area contributed by atoms with Crippen molar-refractivity contribution >= 4 is 47.2 Å². The third-order valence-electron chi connectivity index (χ3n) is 6.98. The smallest absolute Gasteiger partial charge is 0.235 e. The molecule has 6 aromatic rings. The van der Waals surface area contributed by atoms with Crippen LogP contribution in [-0.2, 0) is 0 Å². The van der Waals surface area contributed by atoms with E-state index in [0.29, 0.717) is 0 Å². The van der Waals surface area contributed by atoms with Crippen molar-refractivity contribution in [3.05, 3.63) is 170 Å². The summed E-state index contributed by atoms with van der Waals surface area (Å²) in [6, 6.07) is 59.1. The molecule has 1 N–H and O–H groups in total. The van der Waals surface area contributed by atoms with Crippen molar-refractivity contribution in [2.75, 3.05) is 0 Å². The SMILES string of the molecule is O[P+](c1ccccc1)(c1ccccc1)c1ccccc1-c1ccccc1P(c1ccccc1)c1ccccc1. The first-order valence-electron chi connectivity index (χ1n) is 13.1. The van der Waals surface area contributed by atoms with Crippen molar-refractivity contribution in [1.82, 2.24) is 0 Å². The molecule has 0 saturated heterocycles. The summed E-state index contributed by atoms with van der Waals surface area (Å²) >= 11 is 0. The summed E-state index contributed by atoms with van der Waals surface area (Å²) < 4.78 is 0. The molecule has 1 nitrogen and oxygen atoms in total. The van der Waals surface area contributed by atoms with Gasteiger partial charge in [-0.15, -0.1) is 0 Å². The standard InChI is InChI=1S/C36H29OP2/c37-39(31-21-9-3-10-22-31,32-23-11-4-12-24-32)36-28-16-14-26-34(36)33-25-13-15-27-35(33)38(29-17-5-1-6-18-29)30-19-7-2-8-20-30/h1-28,37H/q+1. The Morgan fingerprint density at radius 1 is 0.385 bits per heavy atom. The molecule has 6 rings (SSSR count). The van der Waals surface area contributed by atoms with Crippen LogP contribution in [0.2, 0.25) is 0 Å². The number of hydrogen-bond donors (Lipinski definition) is 1. The Balaban J connectivity index is 1.61. The van der Waals surface area contributed by atoms with Crippen molar-refractivity contribution in [1.29, 1.82) is 0 Å². The lowest BCUT2D eigenvalue weighted by Crippen LogP contribution is -2.32. The van der Waals surface area contributed by atoms with Gasteiger partial charge in [-0.1, -0.05) is 140 Å². The third-order valence-corrected chi connectivity index (χ3v) is 12.7. The van der Waals surface area contributed by atoms with Gasteiger partial charge in [-0.05, 0) is 59.7 Å². The third kappa shape index (κ3) is 4.98. The predicted molar refractivity (Wildman–Crippen MR) is 172 cm³/mol. The average Bonchev–Trinajstić information content (AvgIpc) is 3.03. The van der Waals surface area contributed by atoms with Gasteiger partial charge in [0.2, 0.25) is 7.49 Å². The molecule has 0 aliphatic carbocycles. The molecule has 0 amide bonds. The van der Waals surface area contributed by atoms with E-state index in [1.54, 1.807) is 0 Å². The Morgan fingerprint density at radius 3 is 1.28 bits per heavy atom. The van der Waals surface area contributed by atoms with E-state index in [1.807, 2.05) is 36.4 Å².